The van der Waals surface area contributed by atoms with E-state index in [1.54, 1.807) is 6.26 Å². The first kappa shape index (κ1) is 8.21. The summed E-state index contributed by atoms with van der Waals surface area (Å²) in [6, 6.07) is 0. The van der Waals surface area contributed by atoms with Gasteiger partial charge in [0.1, 0.15) is 0 Å². The van der Waals surface area contributed by atoms with Crippen molar-refractivity contribution in [2.45, 2.75) is 31.2 Å². The van der Waals surface area contributed by atoms with Crippen molar-refractivity contribution in [2.75, 3.05) is 12.0 Å². The van der Waals surface area contributed by atoms with E-state index in [-0.39, 0.29) is 5.54 Å². The van der Waals surface area contributed by atoms with Gasteiger partial charge in [0, 0.05) is 28.3 Å². The summed E-state index contributed by atoms with van der Waals surface area (Å²) in [5.41, 5.74) is 5.98. The Morgan fingerprint density at radius 1 is 1.60 bits per heavy atom. The van der Waals surface area contributed by atoms with Crippen LogP contribution in [-0.2, 0) is 10.8 Å². The number of hydrogen-bond acceptors (Lipinski definition) is 2. The zero-order valence-electron chi connectivity index (χ0n) is 6.43. The lowest BCUT2D eigenvalue weighted by atomic mass is 9.76. The van der Waals surface area contributed by atoms with Gasteiger partial charge in [-0.15, -0.1) is 0 Å². The summed E-state index contributed by atoms with van der Waals surface area (Å²) >= 11 is 0. The molecule has 0 radical (unpaired) electrons. The fourth-order valence-corrected chi connectivity index (χ4v) is 1.92. The topological polar surface area (TPSA) is 43.1 Å². The Balaban J connectivity index is 2.18. The fraction of sp³-hybridized carbons (Fsp3) is 1.00. The highest BCUT2D eigenvalue weighted by molar-refractivity contribution is 7.84. The molecule has 2 nitrogen and oxygen atoms in total. The van der Waals surface area contributed by atoms with Crippen LogP contribution in [0.1, 0.15) is 25.7 Å². The number of hydrogen-bond donors (Lipinski definition) is 1. The predicted molar refractivity (Wildman–Crippen MR) is 44.3 cm³/mol. The summed E-state index contributed by atoms with van der Waals surface area (Å²) in [4.78, 5) is 0. The van der Waals surface area contributed by atoms with E-state index in [0.29, 0.717) is 0 Å². The minimum atomic E-state index is -0.660. The Morgan fingerprint density at radius 2 is 2.20 bits per heavy atom. The predicted octanol–water partition coefficient (Wildman–Crippen LogP) is 0.636. The summed E-state index contributed by atoms with van der Waals surface area (Å²) in [7, 11) is -0.660. The molecule has 2 N–H and O–H groups in total. The van der Waals surface area contributed by atoms with Crippen LogP contribution in [0.2, 0.25) is 0 Å². The van der Waals surface area contributed by atoms with E-state index in [4.69, 9.17) is 5.73 Å². The third kappa shape index (κ3) is 2.06. The molecule has 60 valence electrons. The SMILES string of the molecule is CS(=O)CCC1(N)CCC1. The first-order chi connectivity index (χ1) is 4.62. The van der Waals surface area contributed by atoms with Crippen LogP contribution in [-0.4, -0.2) is 21.8 Å². The van der Waals surface area contributed by atoms with Gasteiger partial charge in [-0.05, 0) is 25.7 Å². The maximum absolute atomic E-state index is 10.7. The first-order valence-corrected chi connectivity index (χ1v) is 5.44. The second-order valence-electron chi connectivity index (χ2n) is 3.24. The molecule has 0 amide bonds. The molecule has 1 unspecified atom stereocenters. The summed E-state index contributed by atoms with van der Waals surface area (Å²) < 4.78 is 10.7. The molecule has 0 spiro atoms. The van der Waals surface area contributed by atoms with Crippen LogP contribution in [0.5, 0.6) is 0 Å². The van der Waals surface area contributed by atoms with E-state index in [9.17, 15) is 4.21 Å². The van der Waals surface area contributed by atoms with Crippen molar-refractivity contribution in [3.05, 3.63) is 0 Å². The Kier molecular flexibility index (Phi) is 2.47. The molecule has 1 aliphatic rings. The lowest BCUT2D eigenvalue weighted by Crippen LogP contribution is -2.47. The molecule has 10 heavy (non-hydrogen) atoms. The van der Waals surface area contributed by atoms with E-state index in [1.807, 2.05) is 0 Å². The Morgan fingerprint density at radius 3 is 2.50 bits per heavy atom. The first-order valence-electron chi connectivity index (χ1n) is 3.71. The van der Waals surface area contributed by atoms with E-state index in [2.05, 4.69) is 0 Å². The Bertz CT molecular complexity index is 143. The molecular formula is C7H15NOS. The fourth-order valence-electron chi connectivity index (χ4n) is 1.23. The summed E-state index contributed by atoms with van der Waals surface area (Å²) in [5.74, 6) is 0.774. The molecule has 0 aromatic heterocycles. The molecule has 1 fully saturated rings. The van der Waals surface area contributed by atoms with Gasteiger partial charge in [-0.3, -0.25) is 4.21 Å². The third-order valence-electron chi connectivity index (χ3n) is 2.24. The minimum absolute atomic E-state index is 0.0612. The van der Waals surface area contributed by atoms with Crippen molar-refractivity contribution in [1.82, 2.24) is 0 Å². The smallest absolute Gasteiger partial charge is 0.0249 e. The molecular weight excluding hydrogens is 146 g/mol. The summed E-state index contributed by atoms with van der Waals surface area (Å²) in [5, 5.41) is 0. The second-order valence-corrected chi connectivity index (χ2v) is 4.80. The quantitative estimate of drug-likeness (QED) is 0.660. The van der Waals surface area contributed by atoms with Crippen LogP contribution < -0.4 is 5.73 Å². The van der Waals surface area contributed by atoms with Crippen molar-refractivity contribution in [3.8, 4) is 0 Å². The van der Waals surface area contributed by atoms with Gasteiger partial charge in [0.25, 0.3) is 0 Å². The highest BCUT2D eigenvalue weighted by atomic mass is 32.2. The monoisotopic (exact) mass is 161 g/mol. The van der Waals surface area contributed by atoms with Crippen molar-refractivity contribution in [3.63, 3.8) is 0 Å². The normalized spacial score (nSPS) is 25.4. The largest absolute Gasteiger partial charge is 0.325 e. The van der Waals surface area contributed by atoms with E-state index in [0.717, 1.165) is 25.0 Å². The van der Waals surface area contributed by atoms with Crippen LogP contribution >= 0.6 is 0 Å². The zero-order valence-corrected chi connectivity index (χ0v) is 7.25. The van der Waals surface area contributed by atoms with Gasteiger partial charge < -0.3 is 5.73 Å². The van der Waals surface area contributed by atoms with Gasteiger partial charge in [0.15, 0.2) is 0 Å². The molecule has 0 aliphatic heterocycles. The molecule has 0 aromatic carbocycles. The van der Waals surface area contributed by atoms with Crippen LogP contribution in [0, 0.1) is 0 Å². The summed E-state index contributed by atoms with van der Waals surface area (Å²) in [6.07, 6.45) is 6.19. The van der Waals surface area contributed by atoms with Gasteiger partial charge in [0.05, 0.1) is 0 Å². The maximum atomic E-state index is 10.7. The molecule has 1 atom stereocenters. The van der Waals surface area contributed by atoms with E-state index >= 15 is 0 Å². The summed E-state index contributed by atoms with van der Waals surface area (Å²) in [6.45, 7) is 0. The van der Waals surface area contributed by atoms with E-state index in [1.165, 1.54) is 6.42 Å². The van der Waals surface area contributed by atoms with Gasteiger partial charge in [0.2, 0.25) is 0 Å². The van der Waals surface area contributed by atoms with E-state index < -0.39 is 10.8 Å². The molecule has 0 aromatic rings. The number of nitrogens with two attached hydrogens (primary N) is 1. The lowest BCUT2D eigenvalue weighted by Gasteiger charge is -2.37. The highest BCUT2D eigenvalue weighted by Crippen LogP contribution is 2.31. The molecule has 1 rings (SSSR count). The zero-order chi connectivity index (χ0) is 7.61. The molecule has 3 heteroatoms. The number of rotatable bonds is 3. The average Bonchev–Trinajstić information content (AvgIpc) is 1.79. The van der Waals surface area contributed by atoms with Crippen molar-refractivity contribution in [1.29, 1.82) is 0 Å². The third-order valence-corrected chi connectivity index (χ3v) is 3.02. The van der Waals surface area contributed by atoms with Crippen molar-refractivity contribution >= 4 is 10.8 Å². The van der Waals surface area contributed by atoms with Crippen LogP contribution in [0.15, 0.2) is 0 Å². The van der Waals surface area contributed by atoms with Crippen LogP contribution in [0.3, 0.4) is 0 Å². The highest BCUT2D eigenvalue weighted by Gasteiger charge is 2.31. The van der Waals surface area contributed by atoms with Crippen LogP contribution in [0.4, 0.5) is 0 Å². The average molecular weight is 161 g/mol. The van der Waals surface area contributed by atoms with Crippen LogP contribution in [0.25, 0.3) is 0 Å². The Hall–Kier alpha value is 0.110. The lowest BCUT2D eigenvalue weighted by molar-refractivity contribution is 0.242. The van der Waals surface area contributed by atoms with Gasteiger partial charge in [-0.1, -0.05) is 0 Å². The van der Waals surface area contributed by atoms with Gasteiger partial charge in [-0.2, -0.15) is 0 Å². The Labute approximate surface area is 64.6 Å². The molecule has 0 saturated heterocycles. The van der Waals surface area contributed by atoms with Crippen molar-refractivity contribution < 1.29 is 4.21 Å². The van der Waals surface area contributed by atoms with Crippen molar-refractivity contribution in [2.24, 2.45) is 5.73 Å². The molecule has 1 aliphatic carbocycles. The minimum Gasteiger partial charge on any atom is -0.325 e. The molecule has 1 saturated carbocycles. The van der Waals surface area contributed by atoms with Gasteiger partial charge in [-0.25, -0.2) is 0 Å². The van der Waals surface area contributed by atoms with Gasteiger partial charge >= 0.3 is 0 Å². The maximum Gasteiger partial charge on any atom is 0.0249 e. The molecule has 0 bridgehead atoms. The second kappa shape index (κ2) is 3.01. The molecule has 0 heterocycles. The standard InChI is InChI=1S/C7H15NOS/c1-10(9)6-5-7(8)3-2-4-7/h2-6,8H2,1H3.